The molecule has 158 valence electrons. The summed E-state index contributed by atoms with van der Waals surface area (Å²) in [7, 11) is 1.23. The van der Waals surface area contributed by atoms with Gasteiger partial charge < -0.3 is 9.15 Å². The molecule has 0 bridgehead atoms. The van der Waals surface area contributed by atoms with E-state index in [4.69, 9.17) is 4.42 Å². The van der Waals surface area contributed by atoms with Crippen LogP contribution in [0.3, 0.4) is 0 Å². The van der Waals surface area contributed by atoms with Gasteiger partial charge in [-0.3, -0.25) is 9.89 Å². The van der Waals surface area contributed by atoms with Gasteiger partial charge in [0.05, 0.1) is 12.8 Å². The Hall–Kier alpha value is -3.75. The quantitative estimate of drug-likeness (QED) is 0.503. The summed E-state index contributed by atoms with van der Waals surface area (Å²) < 4.78 is 11.3. The van der Waals surface area contributed by atoms with Gasteiger partial charge in [-0.15, -0.1) is 10.2 Å². The highest BCUT2D eigenvalue weighted by atomic mass is 16.5. The van der Waals surface area contributed by atoms with Crippen LogP contribution >= 0.6 is 0 Å². The molecule has 1 N–H and O–H groups in total. The summed E-state index contributed by atoms with van der Waals surface area (Å²) in [6.45, 7) is 0. The first kappa shape index (κ1) is 19.2. The zero-order chi connectivity index (χ0) is 21.4. The predicted molar refractivity (Wildman–Crippen MR) is 112 cm³/mol. The van der Waals surface area contributed by atoms with Crippen molar-refractivity contribution in [2.45, 2.75) is 38.0 Å². The van der Waals surface area contributed by atoms with Gasteiger partial charge in [0.2, 0.25) is 0 Å². The molecule has 3 aromatic heterocycles. The molecular formula is C22H21N5O4. The first-order valence-corrected chi connectivity index (χ1v) is 10.3. The topological polar surface area (TPSA) is 115 Å². The summed E-state index contributed by atoms with van der Waals surface area (Å²) in [5.41, 5.74) is 3.22. The summed E-state index contributed by atoms with van der Waals surface area (Å²) in [4.78, 5) is 28.9. The van der Waals surface area contributed by atoms with Crippen LogP contribution in [0.2, 0.25) is 0 Å². The molecule has 1 saturated carbocycles. The van der Waals surface area contributed by atoms with Gasteiger partial charge >= 0.3 is 11.9 Å². The van der Waals surface area contributed by atoms with Gasteiger partial charge in [-0.25, -0.2) is 14.3 Å². The van der Waals surface area contributed by atoms with Crippen LogP contribution in [0.4, 0.5) is 0 Å². The zero-order valence-electron chi connectivity index (χ0n) is 17.0. The van der Waals surface area contributed by atoms with Crippen LogP contribution in [-0.2, 0) is 4.74 Å². The molecule has 1 aromatic carbocycles. The van der Waals surface area contributed by atoms with E-state index in [-0.39, 0.29) is 17.3 Å². The highest BCUT2D eigenvalue weighted by Crippen LogP contribution is 2.33. The lowest BCUT2D eigenvalue weighted by atomic mass is 9.84. The van der Waals surface area contributed by atoms with Gasteiger partial charge in [0.1, 0.15) is 5.56 Å². The molecule has 9 heteroatoms. The molecule has 0 radical (unpaired) electrons. The zero-order valence-corrected chi connectivity index (χ0v) is 17.0. The number of fused-ring (bicyclic) bond motifs is 1. The first-order chi connectivity index (χ1) is 15.1. The van der Waals surface area contributed by atoms with Crippen molar-refractivity contribution in [3.05, 3.63) is 58.3 Å². The van der Waals surface area contributed by atoms with E-state index in [2.05, 4.69) is 37.1 Å². The van der Waals surface area contributed by atoms with Crippen molar-refractivity contribution in [2.24, 2.45) is 0 Å². The van der Waals surface area contributed by atoms with E-state index < -0.39 is 5.97 Å². The molecule has 4 aromatic rings. The molecule has 9 nitrogen and oxygen atoms in total. The lowest BCUT2D eigenvalue weighted by Crippen LogP contribution is -2.14. The van der Waals surface area contributed by atoms with Crippen molar-refractivity contribution in [2.75, 3.05) is 7.11 Å². The van der Waals surface area contributed by atoms with E-state index in [1.165, 1.54) is 61.6 Å². The number of nitrogens with zero attached hydrogens (tertiary/aromatic N) is 4. The van der Waals surface area contributed by atoms with Crippen molar-refractivity contribution < 1.29 is 13.9 Å². The third-order valence-corrected chi connectivity index (χ3v) is 5.80. The fourth-order valence-electron chi connectivity index (χ4n) is 4.15. The van der Waals surface area contributed by atoms with Crippen molar-refractivity contribution in [3.63, 3.8) is 0 Å². The fraction of sp³-hybridized carbons (Fsp3) is 0.318. The number of esters is 1. The molecule has 0 saturated heterocycles. The van der Waals surface area contributed by atoms with Crippen LogP contribution in [0, 0.1) is 0 Å². The molecule has 1 fully saturated rings. The fourth-order valence-corrected chi connectivity index (χ4v) is 4.15. The van der Waals surface area contributed by atoms with E-state index in [1.54, 1.807) is 0 Å². The van der Waals surface area contributed by atoms with Crippen LogP contribution in [-0.4, -0.2) is 37.9 Å². The molecule has 0 atom stereocenters. The summed E-state index contributed by atoms with van der Waals surface area (Å²) in [5.74, 6) is -0.325. The lowest BCUT2D eigenvalue weighted by molar-refractivity contribution is 0.0556. The molecule has 31 heavy (non-hydrogen) atoms. The second kappa shape index (κ2) is 7.82. The molecule has 1 aliphatic carbocycles. The Balaban J connectivity index is 1.52. The highest BCUT2D eigenvalue weighted by Gasteiger charge is 2.21. The number of hydrogen-bond donors (Lipinski definition) is 1. The minimum Gasteiger partial charge on any atom is -0.462 e. The number of hydrogen-bond acceptors (Lipinski definition) is 7. The number of carbonyl (C=O) groups excluding carboxylic acids is 1. The molecule has 0 aliphatic heterocycles. The summed E-state index contributed by atoms with van der Waals surface area (Å²) in [6, 6.07) is 9.77. The van der Waals surface area contributed by atoms with Crippen LogP contribution in [0.5, 0.6) is 0 Å². The molecule has 0 amide bonds. The average molecular weight is 419 g/mol. The maximum absolute atomic E-state index is 12.6. The smallest absolute Gasteiger partial charge is 0.396 e. The largest absolute Gasteiger partial charge is 0.462 e. The van der Waals surface area contributed by atoms with E-state index in [9.17, 15) is 9.59 Å². The van der Waals surface area contributed by atoms with E-state index >= 15 is 0 Å². The van der Waals surface area contributed by atoms with Crippen LogP contribution < -0.4 is 5.56 Å². The van der Waals surface area contributed by atoms with Gasteiger partial charge in [-0.2, -0.15) is 0 Å². The maximum Gasteiger partial charge on any atom is 0.396 e. The van der Waals surface area contributed by atoms with Crippen molar-refractivity contribution in [3.8, 4) is 22.7 Å². The molecule has 5 rings (SSSR count). The molecule has 0 unspecified atom stereocenters. The van der Waals surface area contributed by atoms with Crippen molar-refractivity contribution in [1.29, 1.82) is 0 Å². The summed E-state index contributed by atoms with van der Waals surface area (Å²) >= 11 is 0. The molecule has 1 aliphatic rings. The SMILES string of the molecule is COC(=O)c1nnc(-c2c[nH]n3c(=O)cc(-c4ccc(C5CCCCC5)cc4)nc23)o1. The van der Waals surface area contributed by atoms with Gasteiger partial charge in [-0.05, 0) is 24.3 Å². The molecular weight excluding hydrogens is 398 g/mol. The highest BCUT2D eigenvalue weighted by molar-refractivity contribution is 5.84. The maximum atomic E-state index is 12.6. The summed E-state index contributed by atoms with van der Waals surface area (Å²) in [5, 5.41) is 10.4. The third-order valence-electron chi connectivity index (χ3n) is 5.80. The van der Waals surface area contributed by atoms with E-state index in [1.807, 2.05) is 12.1 Å². The van der Waals surface area contributed by atoms with Crippen molar-refractivity contribution in [1.82, 2.24) is 24.8 Å². The lowest BCUT2D eigenvalue weighted by Gasteiger charge is -2.22. The number of rotatable bonds is 4. The second-order valence-corrected chi connectivity index (χ2v) is 7.69. The minimum atomic E-state index is -0.734. The monoisotopic (exact) mass is 419 g/mol. The Kier molecular flexibility index (Phi) is 4.85. The minimum absolute atomic E-state index is 0.0656. The number of methoxy groups -OCH3 is 1. The van der Waals surface area contributed by atoms with E-state index in [0.29, 0.717) is 22.8 Å². The van der Waals surface area contributed by atoms with Crippen LogP contribution in [0.15, 0.2) is 45.7 Å². The summed E-state index contributed by atoms with van der Waals surface area (Å²) in [6.07, 6.45) is 7.89. The van der Waals surface area contributed by atoms with Crippen molar-refractivity contribution >= 4 is 11.6 Å². The number of aromatic nitrogens is 5. The van der Waals surface area contributed by atoms with Gasteiger partial charge in [0.25, 0.3) is 11.4 Å². The van der Waals surface area contributed by atoms with E-state index in [0.717, 1.165) is 5.56 Å². The predicted octanol–water partition coefficient (Wildman–Crippen LogP) is 3.57. The Morgan fingerprint density at radius 3 is 2.68 bits per heavy atom. The van der Waals surface area contributed by atoms with Gasteiger partial charge in [0.15, 0.2) is 5.65 Å². The average Bonchev–Trinajstić information content (AvgIpc) is 3.47. The number of carbonyl (C=O) groups is 1. The van der Waals surface area contributed by atoms with Crippen LogP contribution in [0.25, 0.3) is 28.4 Å². The molecule has 0 spiro atoms. The number of H-pyrrole nitrogens is 1. The second-order valence-electron chi connectivity index (χ2n) is 7.69. The number of ether oxygens (including phenoxy) is 1. The first-order valence-electron chi connectivity index (χ1n) is 10.3. The Labute approximate surface area is 177 Å². The Morgan fingerprint density at radius 1 is 1.16 bits per heavy atom. The molecule has 3 heterocycles. The number of benzene rings is 1. The standard InChI is InChI=1S/C22H21N5O4/c1-30-22(29)21-26-25-20(31-21)16-12-23-27-18(28)11-17(24-19(16)27)15-9-7-14(8-10-15)13-5-3-2-4-6-13/h7-13,23H,2-6H2,1H3. The van der Waals surface area contributed by atoms with Gasteiger partial charge in [0, 0.05) is 17.8 Å². The number of aromatic amines is 1. The normalized spacial score (nSPS) is 14.7. The van der Waals surface area contributed by atoms with Crippen LogP contribution in [0.1, 0.15) is 54.3 Å². The number of nitrogens with one attached hydrogen (secondary N) is 1. The third kappa shape index (κ3) is 3.52. The van der Waals surface area contributed by atoms with Gasteiger partial charge in [-0.1, -0.05) is 43.5 Å². The Morgan fingerprint density at radius 2 is 1.94 bits per heavy atom. The Bertz CT molecular complexity index is 1300.